The summed E-state index contributed by atoms with van der Waals surface area (Å²) in [5.41, 5.74) is 1.55. The van der Waals surface area contributed by atoms with Crippen molar-refractivity contribution >= 4 is 22.9 Å². The topological polar surface area (TPSA) is 75.0 Å². The Morgan fingerprint density at radius 1 is 1.11 bits per heavy atom. The van der Waals surface area contributed by atoms with Gasteiger partial charge in [-0.1, -0.05) is 30.3 Å². The van der Waals surface area contributed by atoms with Crippen molar-refractivity contribution in [1.82, 2.24) is 0 Å². The fourth-order valence-electron chi connectivity index (χ4n) is 2.86. The van der Waals surface area contributed by atoms with E-state index in [-0.39, 0.29) is 6.61 Å². The minimum Gasteiger partial charge on any atom is -0.474 e. The molecule has 1 heterocycles. The summed E-state index contributed by atoms with van der Waals surface area (Å²) in [6.07, 6.45) is -0.918. The van der Waals surface area contributed by atoms with E-state index < -0.39 is 18.0 Å². The summed E-state index contributed by atoms with van der Waals surface area (Å²) in [6, 6.07) is 14.1. The van der Waals surface area contributed by atoms with Gasteiger partial charge in [0.05, 0.1) is 13.7 Å². The molecule has 0 aliphatic carbocycles. The fraction of sp³-hybridized carbons (Fsp3) is 0.238. The van der Waals surface area contributed by atoms with Gasteiger partial charge in [0.1, 0.15) is 22.7 Å². The summed E-state index contributed by atoms with van der Waals surface area (Å²) < 4.78 is 21.5. The zero-order valence-corrected chi connectivity index (χ0v) is 15.4. The summed E-state index contributed by atoms with van der Waals surface area (Å²) in [6.45, 7) is 3.68. The second-order valence-corrected chi connectivity index (χ2v) is 5.84. The molecule has 1 aromatic heterocycles. The van der Waals surface area contributed by atoms with Gasteiger partial charge >= 0.3 is 11.9 Å². The van der Waals surface area contributed by atoms with Gasteiger partial charge in [0.2, 0.25) is 6.10 Å². The molecule has 6 heteroatoms. The van der Waals surface area contributed by atoms with Gasteiger partial charge in [-0.25, -0.2) is 9.59 Å². The summed E-state index contributed by atoms with van der Waals surface area (Å²) in [7, 11) is 1.31. The Labute approximate surface area is 156 Å². The minimum absolute atomic E-state index is 0.248. The van der Waals surface area contributed by atoms with Crippen molar-refractivity contribution in [2.75, 3.05) is 13.7 Å². The van der Waals surface area contributed by atoms with Gasteiger partial charge in [0.25, 0.3) is 0 Å². The molecule has 0 spiro atoms. The molecule has 0 saturated carbocycles. The summed E-state index contributed by atoms with van der Waals surface area (Å²) in [4.78, 5) is 24.5. The van der Waals surface area contributed by atoms with Crippen LogP contribution < -0.4 is 4.74 Å². The first-order valence-corrected chi connectivity index (χ1v) is 8.54. The van der Waals surface area contributed by atoms with Crippen LogP contribution in [0.15, 0.2) is 52.9 Å². The Morgan fingerprint density at radius 2 is 1.85 bits per heavy atom. The highest BCUT2D eigenvalue weighted by atomic mass is 16.6. The molecule has 0 amide bonds. The van der Waals surface area contributed by atoms with Gasteiger partial charge < -0.3 is 18.6 Å². The maximum absolute atomic E-state index is 12.4. The lowest BCUT2D eigenvalue weighted by molar-refractivity contribution is -0.151. The number of aryl methyl sites for hydroxylation is 1. The Balaban J connectivity index is 2.00. The standard InChI is InChI=1S/C21H20O6/c1-4-25-21(23)19(14-8-6-5-7-9-14)27-15-10-11-17-16(12-15)18(13(2)26-17)20(22)24-3/h5-12,19H,4H2,1-3H3/t19-/m0/s1. The molecular weight excluding hydrogens is 348 g/mol. The first kappa shape index (κ1) is 18.5. The van der Waals surface area contributed by atoms with E-state index >= 15 is 0 Å². The highest BCUT2D eigenvalue weighted by Gasteiger charge is 2.25. The highest BCUT2D eigenvalue weighted by Crippen LogP contribution is 2.32. The Kier molecular flexibility index (Phi) is 5.45. The molecule has 0 fully saturated rings. The van der Waals surface area contributed by atoms with E-state index in [0.29, 0.717) is 33.6 Å². The number of methoxy groups -OCH3 is 1. The molecule has 0 radical (unpaired) electrons. The van der Waals surface area contributed by atoms with Crippen LogP contribution in [0.1, 0.15) is 34.7 Å². The molecule has 0 N–H and O–H groups in total. The Hall–Kier alpha value is -3.28. The van der Waals surface area contributed by atoms with Crippen LogP contribution in [0.3, 0.4) is 0 Å². The molecule has 0 saturated heterocycles. The molecule has 27 heavy (non-hydrogen) atoms. The molecule has 6 nitrogen and oxygen atoms in total. The third kappa shape index (κ3) is 3.79. The van der Waals surface area contributed by atoms with Crippen LogP contribution in [0.25, 0.3) is 11.0 Å². The van der Waals surface area contributed by atoms with Crippen molar-refractivity contribution in [2.24, 2.45) is 0 Å². The van der Waals surface area contributed by atoms with E-state index in [4.69, 9.17) is 18.6 Å². The van der Waals surface area contributed by atoms with Gasteiger partial charge in [-0.2, -0.15) is 0 Å². The van der Waals surface area contributed by atoms with Crippen LogP contribution in [-0.4, -0.2) is 25.7 Å². The summed E-state index contributed by atoms with van der Waals surface area (Å²) in [5.74, 6) is -0.108. The average Bonchev–Trinajstić information content (AvgIpc) is 3.01. The van der Waals surface area contributed by atoms with Crippen LogP contribution in [0.4, 0.5) is 0 Å². The van der Waals surface area contributed by atoms with Crippen molar-refractivity contribution in [1.29, 1.82) is 0 Å². The van der Waals surface area contributed by atoms with E-state index in [0.717, 1.165) is 0 Å². The zero-order valence-electron chi connectivity index (χ0n) is 15.4. The third-order valence-electron chi connectivity index (χ3n) is 4.08. The monoisotopic (exact) mass is 368 g/mol. The molecule has 0 bridgehead atoms. The number of carbonyl (C=O) groups is 2. The van der Waals surface area contributed by atoms with Gasteiger partial charge in [-0.3, -0.25) is 0 Å². The number of hydrogen-bond donors (Lipinski definition) is 0. The maximum Gasteiger partial charge on any atom is 0.352 e. The number of ether oxygens (including phenoxy) is 3. The van der Waals surface area contributed by atoms with Crippen molar-refractivity contribution < 1.29 is 28.2 Å². The molecule has 140 valence electrons. The molecule has 3 rings (SSSR count). The first-order valence-electron chi connectivity index (χ1n) is 8.54. The van der Waals surface area contributed by atoms with E-state index in [9.17, 15) is 9.59 Å². The Morgan fingerprint density at radius 3 is 2.52 bits per heavy atom. The average molecular weight is 368 g/mol. The van der Waals surface area contributed by atoms with Crippen LogP contribution in [0.2, 0.25) is 0 Å². The van der Waals surface area contributed by atoms with E-state index in [1.54, 1.807) is 44.2 Å². The number of benzene rings is 2. The smallest absolute Gasteiger partial charge is 0.352 e. The van der Waals surface area contributed by atoms with Crippen molar-refractivity contribution in [3.8, 4) is 5.75 Å². The molecule has 1 atom stereocenters. The lowest BCUT2D eigenvalue weighted by Gasteiger charge is -2.18. The number of hydrogen-bond acceptors (Lipinski definition) is 6. The van der Waals surface area contributed by atoms with Crippen molar-refractivity contribution in [2.45, 2.75) is 20.0 Å². The van der Waals surface area contributed by atoms with Crippen LogP contribution in [-0.2, 0) is 14.3 Å². The molecular formula is C21H20O6. The number of fused-ring (bicyclic) bond motifs is 1. The highest BCUT2D eigenvalue weighted by molar-refractivity contribution is 6.04. The SMILES string of the molecule is CCOC(=O)[C@@H](Oc1ccc2oc(C)c(C(=O)OC)c2c1)c1ccccc1. The predicted molar refractivity (Wildman–Crippen MR) is 98.7 cm³/mol. The van der Waals surface area contributed by atoms with Crippen molar-refractivity contribution in [3.05, 3.63) is 65.4 Å². The van der Waals surface area contributed by atoms with E-state index in [2.05, 4.69) is 0 Å². The lowest BCUT2D eigenvalue weighted by atomic mass is 10.1. The van der Waals surface area contributed by atoms with Gasteiger partial charge in [-0.05, 0) is 32.0 Å². The van der Waals surface area contributed by atoms with E-state index in [1.165, 1.54) is 7.11 Å². The quantitative estimate of drug-likeness (QED) is 0.607. The van der Waals surface area contributed by atoms with Gasteiger partial charge in [0, 0.05) is 10.9 Å². The van der Waals surface area contributed by atoms with E-state index in [1.807, 2.05) is 18.2 Å². The van der Waals surface area contributed by atoms with Crippen LogP contribution >= 0.6 is 0 Å². The first-order chi connectivity index (χ1) is 13.0. The molecule has 2 aromatic carbocycles. The zero-order chi connectivity index (χ0) is 19.4. The predicted octanol–water partition coefficient (Wildman–Crippen LogP) is 4.21. The number of esters is 2. The summed E-state index contributed by atoms with van der Waals surface area (Å²) in [5, 5.41) is 0.563. The fourth-order valence-corrected chi connectivity index (χ4v) is 2.86. The molecule has 0 aliphatic rings. The molecule has 0 unspecified atom stereocenters. The van der Waals surface area contributed by atoms with Gasteiger partial charge in [0.15, 0.2) is 0 Å². The Bertz CT molecular complexity index is 957. The van der Waals surface area contributed by atoms with Crippen molar-refractivity contribution in [3.63, 3.8) is 0 Å². The second-order valence-electron chi connectivity index (χ2n) is 5.84. The van der Waals surface area contributed by atoms with Crippen LogP contribution in [0, 0.1) is 6.92 Å². The molecule has 0 aliphatic heterocycles. The molecule has 3 aromatic rings. The third-order valence-corrected chi connectivity index (χ3v) is 4.08. The lowest BCUT2D eigenvalue weighted by Crippen LogP contribution is -2.21. The normalized spacial score (nSPS) is 11.8. The number of carbonyl (C=O) groups excluding carboxylic acids is 2. The minimum atomic E-state index is -0.918. The summed E-state index contributed by atoms with van der Waals surface area (Å²) >= 11 is 0. The second kappa shape index (κ2) is 7.95. The largest absolute Gasteiger partial charge is 0.474 e. The maximum atomic E-state index is 12.4. The number of furan rings is 1. The van der Waals surface area contributed by atoms with Crippen LogP contribution in [0.5, 0.6) is 5.75 Å². The van der Waals surface area contributed by atoms with Gasteiger partial charge in [-0.15, -0.1) is 0 Å². The number of rotatable bonds is 6.